The summed E-state index contributed by atoms with van der Waals surface area (Å²) in [5.41, 5.74) is 1.21. The third kappa shape index (κ3) is 3.61. The fraction of sp³-hybridized carbons (Fsp3) is 0.750. The van der Waals surface area contributed by atoms with Gasteiger partial charge >= 0.3 is 0 Å². The SMILES string of the molecule is CCC(CCO)NC(C)c1cnn(CC)c1. The van der Waals surface area contributed by atoms with E-state index in [1.807, 2.05) is 10.9 Å². The van der Waals surface area contributed by atoms with Crippen LogP contribution in [0.5, 0.6) is 0 Å². The average Bonchev–Trinajstić information content (AvgIpc) is 2.76. The lowest BCUT2D eigenvalue weighted by Crippen LogP contribution is -2.31. The van der Waals surface area contributed by atoms with E-state index in [0.29, 0.717) is 6.04 Å². The number of aliphatic hydroxyl groups is 1. The Morgan fingerprint density at radius 1 is 1.50 bits per heavy atom. The third-order valence-corrected chi connectivity index (χ3v) is 2.93. The van der Waals surface area contributed by atoms with Crippen molar-refractivity contribution in [2.24, 2.45) is 0 Å². The summed E-state index contributed by atoms with van der Waals surface area (Å²) in [7, 11) is 0. The van der Waals surface area contributed by atoms with Crippen molar-refractivity contribution in [2.75, 3.05) is 6.61 Å². The predicted molar refractivity (Wildman–Crippen MR) is 65.2 cm³/mol. The largest absolute Gasteiger partial charge is 0.396 e. The van der Waals surface area contributed by atoms with Crippen LogP contribution in [0.25, 0.3) is 0 Å². The molecule has 0 saturated carbocycles. The minimum atomic E-state index is 0.243. The van der Waals surface area contributed by atoms with E-state index in [4.69, 9.17) is 5.11 Å². The first-order valence-corrected chi connectivity index (χ1v) is 6.10. The molecular formula is C12H23N3O. The molecule has 0 saturated heterocycles. The first-order chi connectivity index (χ1) is 7.71. The van der Waals surface area contributed by atoms with Gasteiger partial charge in [-0.3, -0.25) is 4.68 Å². The maximum atomic E-state index is 8.94. The van der Waals surface area contributed by atoms with Crippen molar-refractivity contribution in [2.45, 2.75) is 52.2 Å². The summed E-state index contributed by atoms with van der Waals surface area (Å²) < 4.78 is 1.93. The highest BCUT2D eigenvalue weighted by Gasteiger charge is 2.12. The van der Waals surface area contributed by atoms with E-state index < -0.39 is 0 Å². The number of aliphatic hydroxyl groups excluding tert-OH is 1. The zero-order valence-electron chi connectivity index (χ0n) is 10.5. The smallest absolute Gasteiger partial charge is 0.0537 e. The van der Waals surface area contributed by atoms with Crippen molar-refractivity contribution in [3.63, 3.8) is 0 Å². The number of hydrogen-bond donors (Lipinski definition) is 2. The van der Waals surface area contributed by atoms with E-state index in [1.54, 1.807) is 0 Å². The van der Waals surface area contributed by atoms with Crippen LogP contribution in [0.4, 0.5) is 0 Å². The Hall–Kier alpha value is -0.870. The number of hydrogen-bond acceptors (Lipinski definition) is 3. The molecule has 0 aliphatic carbocycles. The zero-order valence-corrected chi connectivity index (χ0v) is 10.5. The van der Waals surface area contributed by atoms with Gasteiger partial charge in [-0.05, 0) is 26.7 Å². The van der Waals surface area contributed by atoms with Crippen LogP contribution in [-0.2, 0) is 6.54 Å². The van der Waals surface area contributed by atoms with Crippen molar-refractivity contribution < 1.29 is 5.11 Å². The lowest BCUT2D eigenvalue weighted by molar-refractivity contribution is 0.257. The molecule has 0 bridgehead atoms. The van der Waals surface area contributed by atoms with E-state index in [1.165, 1.54) is 5.56 Å². The number of rotatable bonds is 7. The van der Waals surface area contributed by atoms with E-state index in [2.05, 4.69) is 37.4 Å². The molecule has 0 fully saturated rings. The van der Waals surface area contributed by atoms with E-state index >= 15 is 0 Å². The van der Waals surface area contributed by atoms with Gasteiger partial charge in [-0.25, -0.2) is 0 Å². The molecule has 0 spiro atoms. The van der Waals surface area contributed by atoms with E-state index in [-0.39, 0.29) is 12.6 Å². The van der Waals surface area contributed by atoms with Crippen LogP contribution < -0.4 is 5.32 Å². The van der Waals surface area contributed by atoms with Gasteiger partial charge in [0.2, 0.25) is 0 Å². The molecule has 1 aromatic rings. The van der Waals surface area contributed by atoms with Gasteiger partial charge in [0.1, 0.15) is 0 Å². The molecular weight excluding hydrogens is 202 g/mol. The lowest BCUT2D eigenvalue weighted by atomic mass is 10.1. The maximum Gasteiger partial charge on any atom is 0.0537 e. The Kier molecular flexibility index (Phi) is 5.49. The number of aryl methyl sites for hydroxylation is 1. The molecule has 2 N–H and O–H groups in total. The quantitative estimate of drug-likeness (QED) is 0.743. The summed E-state index contributed by atoms with van der Waals surface area (Å²) in [6, 6.07) is 0.668. The predicted octanol–water partition coefficient (Wildman–Crippen LogP) is 1.71. The fourth-order valence-electron chi connectivity index (χ4n) is 1.79. The number of nitrogens with zero attached hydrogens (tertiary/aromatic N) is 2. The average molecular weight is 225 g/mol. The van der Waals surface area contributed by atoms with Crippen LogP contribution in [-0.4, -0.2) is 27.5 Å². The van der Waals surface area contributed by atoms with Crippen LogP contribution >= 0.6 is 0 Å². The van der Waals surface area contributed by atoms with Gasteiger partial charge in [0.15, 0.2) is 0 Å². The molecule has 1 heterocycles. The van der Waals surface area contributed by atoms with Gasteiger partial charge < -0.3 is 10.4 Å². The Morgan fingerprint density at radius 3 is 2.75 bits per heavy atom. The standard InChI is InChI=1S/C12H23N3O/c1-4-12(6-7-16)14-10(3)11-8-13-15(5-2)9-11/h8-10,12,14,16H,4-7H2,1-3H3. The molecule has 92 valence electrons. The monoisotopic (exact) mass is 225 g/mol. The Bertz CT molecular complexity index is 298. The zero-order chi connectivity index (χ0) is 12.0. The summed E-state index contributed by atoms with van der Waals surface area (Å²) in [5, 5.41) is 16.7. The minimum Gasteiger partial charge on any atom is -0.396 e. The molecule has 4 nitrogen and oxygen atoms in total. The summed E-state index contributed by atoms with van der Waals surface area (Å²) >= 11 is 0. The minimum absolute atomic E-state index is 0.243. The highest BCUT2D eigenvalue weighted by Crippen LogP contribution is 2.13. The third-order valence-electron chi connectivity index (χ3n) is 2.93. The van der Waals surface area contributed by atoms with Gasteiger partial charge in [-0.2, -0.15) is 5.10 Å². The van der Waals surface area contributed by atoms with Crippen molar-refractivity contribution in [3.8, 4) is 0 Å². The molecule has 0 aliphatic rings. The molecule has 0 aliphatic heterocycles. The van der Waals surface area contributed by atoms with Gasteiger partial charge in [0, 0.05) is 37.0 Å². The van der Waals surface area contributed by atoms with Crippen molar-refractivity contribution >= 4 is 0 Å². The van der Waals surface area contributed by atoms with Crippen LogP contribution in [0.2, 0.25) is 0 Å². The van der Waals surface area contributed by atoms with Crippen molar-refractivity contribution in [3.05, 3.63) is 18.0 Å². The number of nitrogens with one attached hydrogen (secondary N) is 1. The fourth-order valence-corrected chi connectivity index (χ4v) is 1.79. The summed E-state index contributed by atoms with van der Waals surface area (Å²) in [6.45, 7) is 7.50. The molecule has 4 heteroatoms. The topological polar surface area (TPSA) is 50.1 Å². The molecule has 0 radical (unpaired) electrons. The Morgan fingerprint density at radius 2 is 2.25 bits per heavy atom. The number of aromatic nitrogens is 2. The first-order valence-electron chi connectivity index (χ1n) is 6.10. The molecule has 1 aromatic heterocycles. The summed E-state index contributed by atoms with van der Waals surface area (Å²) in [6.07, 6.45) is 5.83. The Balaban J connectivity index is 2.52. The highest BCUT2D eigenvalue weighted by molar-refractivity contribution is 5.09. The van der Waals surface area contributed by atoms with Crippen molar-refractivity contribution in [1.82, 2.24) is 15.1 Å². The van der Waals surface area contributed by atoms with Gasteiger partial charge in [-0.15, -0.1) is 0 Å². The van der Waals surface area contributed by atoms with E-state index in [0.717, 1.165) is 19.4 Å². The second-order valence-corrected chi connectivity index (χ2v) is 4.14. The summed E-state index contributed by atoms with van der Waals surface area (Å²) in [4.78, 5) is 0. The molecule has 2 unspecified atom stereocenters. The van der Waals surface area contributed by atoms with Crippen LogP contribution in [0.15, 0.2) is 12.4 Å². The molecule has 0 amide bonds. The Labute approximate surface area is 97.7 Å². The van der Waals surface area contributed by atoms with Crippen LogP contribution in [0.3, 0.4) is 0 Å². The molecule has 0 aromatic carbocycles. The van der Waals surface area contributed by atoms with Crippen LogP contribution in [0.1, 0.15) is 45.2 Å². The second-order valence-electron chi connectivity index (χ2n) is 4.14. The lowest BCUT2D eigenvalue weighted by Gasteiger charge is -2.20. The maximum absolute atomic E-state index is 8.94. The van der Waals surface area contributed by atoms with E-state index in [9.17, 15) is 0 Å². The molecule has 16 heavy (non-hydrogen) atoms. The first kappa shape index (κ1) is 13.2. The molecule has 2 atom stereocenters. The normalized spacial score (nSPS) is 15.0. The highest BCUT2D eigenvalue weighted by atomic mass is 16.3. The van der Waals surface area contributed by atoms with Gasteiger partial charge in [0.25, 0.3) is 0 Å². The van der Waals surface area contributed by atoms with Crippen molar-refractivity contribution in [1.29, 1.82) is 0 Å². The second kappa shape index (κ2) is 6.66. The van der Waals surface area contributed by atoms with Gasteiger partial charge in [-0.1, -0.05) is 6.92 Å². The summed E-state index contributed by atoms with van der Waals surface area (Å²) in [5.74, 6) is 0. The molecule has 1 rings (SSSR count). The van der Waals surface area contributed by atoms with Gasteiger partial charge in [0.05, 0.1) is 6.20 Å². The van der Waals surface area contributed by atoms with Crippen LogP contribution in [0, 0.1) is 0 Å².